The lowest BCUT2D eigenvalue weighted by Crippen LogP contribution is -2.40. The summed E-state index contributed by atoms with van der Waals surface area (Å²) >= 11 is 0. The second kappa shape index (κ2) is 6.06. The van der Waals surface area contributed by atoms with Crippen molar-refractivity contribution < 1.29 is 9.26 Å². The van der Waals surface area contributed by atoms with E-state index in [0.29, 0.717) is 13.2 Å². The Morgan fingerprint density at radius 3 is 3.00 bits per heavy atom. The molecule has 0 aromatic carbocycles. The fraction of sp³-hybridized carbons (Fsp3) is 0.692. The van der Waals surface area contributed by atoms with Gasteiger partial charge < -0.3 is 19.9 Å². The molecule has 6 heteroatoms. The Bertz CT molecular complexity index is 434. The van der Waals surface area contributed by atoms with Crippen LogP contribution in [0.25, 0.3) is 0 Å². The molecule has 2 heterocycles. The second-order valence-electron chi connectivity index (χ2n) is 5.55. The van der Waals surface area contributed by atoms with Crippen LogP contribution >= 0.6 is 0 Å². The van der Waals surface area contributed by atoms with E-state index in [4.69, 9.17) is 9.26 Å². The summed E-state index contributed by atoms with van der Waals surface area (Å²) in [5, 5.41) is 10.4. The highest BCUT2D eigenvalue weighted by Gasteiger charge is 2.13. The topological polar surface area (TPSA) is 71.7 Å². The number of guanidine groups is 1. The molecule has 2 rings (SSSR count). The van der Waals surface area contributed by atoms with Gasteiger partial charge in [0, 0.05) is 19.2 Å². The van der Waals surface area contributed by atoms with E-state index < -0.39 is 0 Å². The van der Waals surface area contributed by atoms with Gasteiger partial charge in [-0.05, 0) is 27.2 Å². The maximum absolute atomic E-state index is 5.63. The molecule has 19 heavy (non-hydrogen) atoms. The first-order valence-corrected chi connectivity index (χ1v) is 6.63. The number of nitrogens with zero attached hydrogens (tertiary/aromatic N) is 2. The van der Waals surface area contributed by atoms with Crippen LogP contribution in [0.5, 0.6) is 0 Å². The zero-order valence-electron chi connectivity index (χ0n) is 11.8. The standard InChI is InChI=1S/C13H22N4O2/c1-13(2,3)18-9-11-7-10(17-19-11)8-16-12-14-5-4-6-15-12/h7H,4-6,8-9H2,1-3H3,(H2,14,15,16). The average molecular weight is 266 g/mol. The minimum Gasteiger partial charge on any atom is -0.368 e. The smallest absolute Gasteiger partial charge is 0.191 e. The average Bonchev–Trinajstić information content (AvgIpc) is 2.82. The molecule has 0 radical (unpaired) electrons. The van der Waals surface area contributed by atoms with Crippen molar-refractivity contribution in [3.8, 4) is 0 Å². The Morgan fingerprint density at radius 2 is 2.32 bits per heavy atom. The molecular formula is C13H22N4O2. The zero-order chi connectivity index (χ0) is 13.7. The largest absolute Gasteiger partial charge is 0.368 e. The minimum absolute atomic E-state index is 0.175. The molecule has 0 bridgehead atoms. The number of nitrogens with one attached hydrogen (secondary N) is 2. The summed E-state index contributed by atoms with van der Waals surface area (Å²) < 4.78 is 10.9. The third-order valence-corrected chi connectivity index (χ3v) is 2.59. The van der Waals surface area contributed by atoms with Crippen molar-refractivity contribution in [3.63, 3.8) is 0 Å². The molecule has 1 aliphatic heterocycles. The summed E-state index contributed by atoms with van der Waals surface area (Å²) in [6.45, 7) is 8.92. The first-order chi connectivity index (χ1) is 9.03. The molecule has 0 fully saturated rings. The first kappa shape index (κ1) is 13.9. The second-order valence-corrected chi connectivity index (χ2v) is 5.55. The maximum Gasteiger partial charge on any atom is 0.191 e. The fourth-order valence-electron chi connectivity index (χ4n) is 1.62. The van der Waals surface area contributed by atoms with Gasteiger partial charge in [-0.3, -0.25) is 4.99 Å². The van der Waals surface area contributed by atoms with Gasteiger partial charge in [0.15, 0.2) is 11.7 Å². The SMILES string of the molecule is CC(C)(C)OCc1cc(CNC2=NCCCN2)no1. The molecule has 106 valence electrons. The van der Waals surface area contributed by atoms with E-state index in [1.165, 1.54) is 0 Å². The van der Waals surface area contributed by atoms with Gasteiger partial charge in [0.1, 0.15) is 12.3 Å². The highest BCUT2D eigenvalue weighted by molar-refractivity contribution is 5.80. The predicted octanol–water partition coefficient (Wildman–Crippen LogP) is 1.43. The lowest BCUT2D eigenvalue weighted by Gasteiger charge is -2.17. The van der Waals surface area contributed by atoms with Crippen molar-refractivity contribution in [1.82, 2.24) is 15.8 Å². The van der Waals surface area contributed by atoms with Crippen molar-refractivity contribution in [1.29, 1.82) is 0 Å². The number of ether oxygens (including phenoxy) is 1. The third-order valence-electron chi connectivity index (χ3n) is 2.59. The molecule has 0 saturated heterocycles. The van der Waals surface area contributed by atoms with Crippen molar-refractivity contribution in [2.75, 3.05) is 13.1 Å². The zero-order valence-corrected chi connectivity index (χ0v) is 11.8. The van der Waals surface area contributed by atoms with E-state index in [1.54, 1.807) is 0 Å². The molecule has 0 amide bonds. The number of rotatable bonds is 4. The molecule has 1 aliphatic rings. The minimum atomic E-state index is -0.175. The summed E-state index contributed by atoms with van der Waals surface area (Å²) in [7, 11) is 0. The molecule has 0 unspecified atom stereocenters. The highest BCUT2D eigenvalue weighted by atomic mass is 16.5. The Balaban J connectivity index is 1.79. The van der Waals surface area contributed by atoms with E-state index in [2.05, 4.69) is 20.8 Å². The van der Waals surface area contributed by atoms with E-state index in [0.717, 1.165) is 36.9 Å². The predicted molar refractivity (Wildman–Crippen MR) is 72.8 cm³/mol. The van der Waals surface area contributed by atoms with Crippen LogP contribution in [0.4, 0.5) is 0 Å². The van der Waals surface area contributed by atoms with Gasteiger partial charge in [0.05, 0.1) is 12.1 Å². The number of aliphatic imine (C=N–C) groups is 1. The summed E-state index contributed by atoms with van der Waals surface area (Å²) in [6.07, 6.45) is 1.09. The molecular weight excluding hydrogens is 244 g/mol. The Morgan fingerprint density at radius 1 is 1.47 bits per heavy atom. The molecule has 1 aromatic heterocycles. The monoisotopic (exact) mass is 266 g/mol. The lowest BCUT2D eigenvalue weighted by molar-refractivity contribution is -0.0241. The van der Waals surface area contributed by atoms with Gasteiger partial charge in [-0.1, -0.05) is 5.16 Å². The van der Waals surface area contributed by atoms with E-state index >= 15 is 0 Å². The van der Waals surface area contributed by atoms with Crippen LogP contribution in [0.3, 0.4) is 0 Å². The maximum atomic E-state index is 5.63. The molecule has 0 aliphatic carbocycles. The van der Waals surface area contributed by atoms with Gasteiger partial charge in [-0.15, -0.1) is 0 Å². The van der Waals surface area contributed by atoms with Crippen LogP contribution < -0.4 is 10.6 Å². The Kier molecular flexibility index (Phi) is 4.42. The Hall–Kier alpha value is -1.56. The molecule has 6 nitrogen and oxygen atoms in total. The number of aromatic nitrogens is 1. The van der Waals surface area contributed by atoms with E-state index in [-0.39, 0.29) is 5.60 Å². The normalized spacial score (nSPS) is 15.8. The van der Waals surface area contributed by atoms with Crippen LogP contribution in [-0.4, -0.2) is 29.8 Å². The van der Waals surface area contributed by atoms with Crippen LogP contribution in [0.15, 0.2) is 15.6 Å². The van der Waals surface area contributed by atoms with Crippen molar-refractivity contribution in [2.24, 2.45) is 4.99 Å². The molecule has 0 atom stereocenters. The van der Waals surface area contributed by atoms with Gasteiger partial charge in [0.2, 0.25) is 0 Å². The fourth-order valence-corrected chi connectivity index (χ4v) is 1.62. The van der Waals surface area contributed by atoms with Crippen molar-refractivity contribution in [2.45, 2.75) is 45.9 Å². The van der Waals surface area contributed by atoms with Crippen LogP contribution in [0.1, 0.15) is 38.6 Å². The first-order valence-electron chi connectivity index (χ1n) is 6.63. The summed E-state index contributed by atoms with van der Waals surface area (Å²) in [6, 6.07) is 1.90. The summed E-state index contributed by atoms with van der Waals surface area (Å²) in [5.41, 5.74) is 0.675. The highest BCUT2D eigenvalue weighted by Crippen LogP contribution is 2.12. The summed E-state index contributed by atoms with van der Waals surface area (Å²) in [5.74, 6) is 1.58. The van der Waals surface area contributed by atoms with Gasteiger partial charge in [-0.2, -0.15) is 0 Å². The molecule has 2 N–H and O–H groups in total. The summed E-state index contributed by atoms with van der Waals surface area (Å²) in [4.78, 5) is 4.33. The van der Waals surface area contributed by atoms with Gasteiger partial charge >= 0.3 is 0 Å². The van der Waals surface area contributed by atoms with Crippen LogP contribution in [-0.2, 0) is 17.9 Å². The quantitative estimate of drug-likeness (QED) is 0.862. The van der Waals surface area contributed by atoms with Crippen molar-refractivity contribution in [3.05, 3.63) is 17.5 Å². The van der Waals surface area contributed by atoms with E-state index in [9.17, 15) is 0 Å². The van der Waals surface area contributed by atoms with E-state index in [1.807, 2.05) is 26.8 Å². The lowest BCUT2D eigenvalue weighted by atomic mass is 10.2. The molecule has 1 aromatic rings. The molecule has 0 spiro atoms. The number of hydrogen-bond acceptors (Lipinski definition) is 6. The Labute approximate surface area is 113 Å². The number of hydrogen-bond donors (Lipinski definition) is 2. The van der Waals surface area contributed by atoms with Gasteiger partial charge in [0.25, 0.3) is 0 Å². The van der Waals surface area contributed by atoms with Crippen molar-refractivity contribution >= 4 is 5.96 Å². The molecule has 0 saturated carbocycles. The van der Waals surface area contributed by atoms with Crippen LogP contribution in [0.2, 0.25) is 0 Å². The third kappa shape index (κ3) is 4.90. The van der Waals surface area contributed by atoms with Crippen LogP contribution in [0, 0.1) is 0 Å². The van der Waals surface area contributed by atoms with Gasteiger partial charge in [-0.25, -0.2) is 0 Å².